The molecule has 3 nitrogen and oxygen atoms in total. The highest BCUT2D eigenvalue weighted by Crippen LogP contribution is 2.27. The van der Waals surface area contributed by atoms with Crippen LogP contribution in [0.3, 0.4) is 0 Å². The largest absolute Gasteiger partial charge is 0.296 e. The average Bonchev–Trinajstić information content (AvgIpc) is 2.72. The lowest BCUT2D eigenvalue weighted by Gasteiger charge is -2.05. The number of carbonyl (C=O) groups is 1. The summed E-state index contributed by atoms with van der Waals surface area (Å²) in [5.41, 5.74) is 2.19. The van der Waals surface area contributed by atoms with Gasteiger partial charge in [-0.25, -0.2) is 0 Å². The molecule has 0 aliphatic heterocycles. The number of halogens is 1. The maximum Gasteiger partial charge on any atom is 0.170 e. The third-order valence-corrected chi connectivity index (χ3v) is 2.70. The van der Waals surface area contributed by atoms with Gasteiger partial charge in [-0.2, -0.15) is 5.10 Å². The highest BCUT2D eigenvalue weighted by Gasteiger charge is 2.10. The molecule has 0 radical (unpaired) electrons. The number of nitrogens with zero attached hydrogens (tertiary/aromatic N) is 2. The van der Waals surface area contributed by atoms with E-state index in [0.29, 0.717) is 17.3 Å². The van der Waals surface area contributed by atoms with Gasteiger partial charge in [0.05, 0.1) is 5.69 Å². The highest BCUT2D eigenvalue weighted by atomic mass is 35.5. The van der Waals surface area contributed by atoms with Crippen LogP contribution in [0.1, 0.15) is 17.4 Å². The van der Waals surface area contributed by atoms with E-state index in [2.05, 4.69) is 5.10 Å². The summed E-state index contributed by atoms with van der Waals surface area (Å²) in [6.45, 7) is 2.68. The Morgan fingerprint density at radius 2 is 2.19 bits per heavy atom. The molecule has 4 heteroatoms. The predicted octanol–water partition coefficient (Wildman–Crippen LogP) is 3.04. The van der Waals surface area contributed by atoms with E-state index in [1.54, 1.807) is 10.7 Å². The minimum absolute atomic E-state index is 0.428. The number of aldehydes is 1. The fraction of sp³-hybridized carbons (Fsp3) is 0.167. The van der Waals surface area contributed by atoms with E-state index in [9.17, 15) is 4.79 Å². The first-order valence-electron chi connectivity index (χ1n) is 5.04. The predicted molar refractivity (Wildman–Crippen MR) is 63.7 cm³/mol. The second-order valence-electron chi connectivity index (χ2n) is 3.37. The van der Waals surface area contributed by atoms with Crippen molar-refractivity contribution in [3.05, 3.63) is 41.0 Å². The number of hydrogen-bond acceptors (Lipinski definition) is 2. The van der Waals surface area contributed by atoms with Crippen LogP contribution >= 0.6 is 11.6 Å². The molecule has 1 heterocycles. The van der Waals surface area contributed by atoms with Crippen LogP contribution in [0.5, 0.6) is 0 Å². The van der Waals surface area contributed by atoms with E-state index in [1.165, 1.54) is 0 Å². The van der Waals surface area contributed by atoms with E-state index in [4.69, 9.17) is 11.6 Å². The average molecular weight is 235 g/mol. The molecule has 0 amide bonds. The van der Waals surface area contributed by atoms with Gasteiger partial charge in [-0.05, 0) is 19.1 Å². The smallest absolute Gasteiger partial charge is 0.170 e. The Labute approximate surface area is 98.7 Å². The lowest BCUT2D eigenvalue weighted by Crippen LogP contribution is -1.99. The topological polar surface area (TPSA) is 34.9 Å². The number of benzene rings is 1. The maximum atomic E-state index is 10.7. The van der Waals surface area contributed by atoms with Crippen LogP contribution in [0.2, 0.25) is 5.02 Å². The summed E-state index contributed by atoms with van der Waals surface area (Å²) >= 11 is 6.11. The van der Waals surface area contributed by atoms with Gasteiger partial charge in [0, 0.05) is 17.1 Å². The van der Waals surface area contributed by atoms with Crippen molar-refractivity contribution in [2.45, 2.75) is 13.5 Å². The van der Waals surface area contributed by atoms with Crippen molar-refractivity contribution in [3.8, 4) is 11.3 Å². The molecule has 0 bridgehead atoms. The van der Waals surface area contributed by atoms with Crippen LogP contribution in [-0.4, -0.2) is 16.1 Å². The summed E-state index contributed by atoms with van der Waals surface area (Å²) in [6, 6.07) is 9.27. The van der Waals surface area contributed by atoms with E-state index < -0.39 is 0 Å². The molecule has 1 aromatic heterocycles. The summed E-state index contributed by atoms with van der Waals surface area (Å²) in [5.74, 6) is 0. The summed E-state index contributed by atoms with van der Waals surface area (Å²) in [4.78, 5) is 10.7. The van der Waals surface area contributed by atoms with Crippen LogP contribution < -0.4 is 0 Å². The number of aromatic nitrogens is 2. The highest BCUT2D eigenvalue weighted by molar-refractivity contribution is 6.33. The fourth-order valence-electron chi connectivity index (χ4n) is 1.62. The molecule has 0 aliphatic rings. The van der Waals surface area contributed by atoms with Gasteiger partial charge in [-0.15, -0.1) is 0 Å². The number of aryl methyl sites for hydroxylation is 1. The molecular formula is C12H11ClN2O. The number of rotatable bonds is 3. The molecule has 2 aromatic rings. The Morgan fingerprint density at radius 3 is 2.81 bits per heavy atom. The van der Waals surface area contributed by atoms with Gasteiger partial charge in [0.2, 0.25) is 0 Å². The molecule has 82 valence electrons. The van der Waals surface area contributed by atoms with E-state index in [0.717, 1.165) is 17.5 Å². The van der Waals surface area contributed by atoms with Gasteiger partial charge >= 0.3 is 0 Å². The Balaban J connectivity index is 2.59. The van der Waals surface area contributed by atoms with Gasteiger partial charge in [-0.1, -0.05) is 29.8 Å². The zero-order chi connectivity index (χ0) is 11.5. The van der Waals surface area contributed by atoms with Crippen LogP contribution in [0.25, 0.3) is 11.3 Å². The SMILES string of the molecule is CCn1nc(C=O)cc1-c1ccccc1Cl. The molecule has 0 unspecified atom stereocenters. The van der Waals surface area contributed by atoms with Crippen molar-refractivity contribution < 1.29 is 4.79 Å². The lowest BCUT2D eigenvalue weighted by molar-refractivity contribution is 0.111. The molecular weight excluding hydrogens is 224 g/mol. The lowest BCUT2D eigenvalue weighted by atomic mass is 10.1. The first-order chi connectivity index (χ1) is 7.76. The van der Waals surface area contributed by atoms with Gasteiger partial charge in [-0.3, -0.25) is 9.48 Å². The minimum Gasteiger partial charge on any atom is -0.296 e. The minimum atomic E-state index is 0.428. The summed E-state index contributed by atoms with van der Waals surface area (Å²) in [6.07, 6.45) is 0.743. The van der Waals surface area contributed by atoms with Gasteiger partial charge in [0.1, 0.15) is 5.69 Å². The van der Waals surface area contributed by atoms with Gasteiger partial charge in [0.25, 0.3) is 0 Å². The van der Waals surface area contributed by atoms with Crippen molar-refractivity contribution in [2.75, 3.05) is 0 Å². The van der Waals surface area contributed by atoms with E-state index >= 15 is 0 Å². The second-order valence-corrected chi connectivity index (χ2v) is 3.78. The van der Waals surface area contributed by atoms with Crippen molar-refractivity contribution in [1.29, 1.82) is 0 Å². The molecule has 0 fully saturated rings. The number of carbonyl (C=O) groups excluding carboxylic acids is 1. The third kappa shape index (κ3) is 1.86. The Morgan fingerprint density at radius 1 is 1.44 bits per heavy atom. The van der Waals surface area contributed by atoms with Crippen LogP contribution in [0.15, 0.2) is 30.3 Å². The number of hydrogen-bond donors (Lipinski definition) is 0. The first kappa shape index (κ1) is 10.9. The molecule has 0 atom stereocenters. The second kappa shape index (κ2) is 4.49. The monoisotopic (exact) mass is 234 g/mol. The summed E-state index contributed by atoms with van der Waals surface area (Å²) in [5, 5.41) is 4.82. The summed E-state index contributed by atoms with van der Waals surface area (Å²) in [7, 11) is 0. The zero-order valence-corrected chi connectivity index (χ0v) is 9.61. The maximum absolute atomic E-state index is 10.7. The molecule has 0 saturated carbocycles. The molecule has 1 aromatic carbocycles. The normalized spacial score (nSPS) is 10.4. The molecule has 2 rings (SSSR count). The van der Waals surface area contributed by atoms with Crippen LogP contribution in [-0.2, 0) is 6.54 Å². The van der Waals surface area contributed by atoms with Crippen molar-refractivity contribution in [1.82, 2.24) is 9.78 Å². The third-order valence-electron chi connectivity index (χ3n) is 2.37. The molecule has 0 aliphatic carbocycles. The van der Waals surface area contributed by atoms with Crippen molar-refractivity contribution in [2.24, 2.45) is 0 Å². The Bertz CT molecular complexity index is 519. The zero-order valence-electron chi connectivity index (χ0n) is 8.85. The fourth-order valence-corrected chi connectivity index (χ4v) is 1.85. The van der Waals surface area contributed by atoms with Crippen LogP contribution in [0.4, 0.5) is 0 Å². The molecule has 0 saturated heterocycles. The van der Waals surface area contributed by atoms with E-state index in [-0.39, 0.29) is 0 Å². The van der Waals surface area contributed by atoms with E-state index in [1.807, 2.05) is 31.2 Å². The van der Waals surface area contributed by atoms with Gasteiger partial charge in [0.15, 0.2) is 6.29 Å². The molecule has 0 spiro atoms. The Kier molecular flexibility index (Phi) is 3.06. The first-order valence-corrected chi connectivity index (χ1v) is 5.42. The van der Waals surface area contributed by atoms with Crippen LogP contribution in [0, 0.1) is 0 Å². The molecule has 16 heavy (non-hydrogen) atoms. The standard InChI is InChI=1S/C12H11ClN2O/c1-2-15-12(7-9(8-16)14-15)10-5-3-4-6-11(10)13/h3-8H,2H2,1H3. The van der Waals surface area contributed by atoms with Crippen molar-refractivity contribution in [3.63, 3.8) is 0 Å². The summed E-state index contributed by atoms with van der Waals surface area (Å²) < 4.78 is 1.77. The quantitative estimate of drug-likeness (QED) is 0.766. The van der Waals surface area contributed by atoms with Gasteiger partial charge < -0.3 is 0 Å². The molecule has 0 N–H and O–H groups in total. The Hall–Kier alpha value is -1.61. The van der Waals surface area contributed by atoms with Crippen molar-refractivity contribution >= 4 is 17.9 Å².